The number of nitrogens with zero attached hydrogens (tertiary/aromatic N) is 4. The summed E-state index contributed by atoms with van der Waals surface area (Å²) in [6, 6.07) is 13.1. The molecule has 1 saturated heterocycles. The number of rotatable bonds is 3. The van der Waals surface area contributed by atoms with Crippen molar-refractivity contribution in [3.63, 3.8) is 0 Å². The Morgan fingerprint density at radius 2 is 1.96 bits per heavy atom. The van der Waals surface area contributed by atoms with Crippen LogP contribution in [0.5, 0.6) is 0 Å². The van der Waals surface area contributed by atoms with Gasteiger partial charge in [0.15, 0.2) is 0 Å². The minimum absolute atomic E-state index is 0.158. The summed E-state index contributed by atoms with van der Waals surface area (Å²) in [6.07, 6.45) is 0. The number of nitrogens with one attached hydrogen (secondary N) is 1. The Kier molecular flexibility index (Phi) is 5.48. The second kappa shape index (κ2) is 7.98. The maximum atomic E-state index is 14.2. The number of carbonyl (C=O) groups is 1. The normalized spacial score (nSPS) is 16.2. The Labute approximate surface area is 157 Å². The summed E-state index contributed by atoms with van der Waals surface area (Å²) in [5.41, 5.74) is 0.785. The average molecular weight is 365 g/mol. The summed E-state index contributed by atoms with van der Waals surface area (Å²) in [4.78, 5) is 21.4. The maximum absolute atomic E-state index is 14.2. The van der Waals surface area contributed by atoms with Crippen LogP contribution in [0.25, 0.3) is 0 Å². The third kappa shape index (κ3) is 4.30. The van der Waals surface area contributed by atoms with Crippen LogP contribution in [0.3, 0.4) is 0 Å². The zero-order chi connectivity index (χ0) is 19.4. The van der Waals surface area contributed by atoms with Crippen LogP contribution in [0.4, 0.5) is 15.8 Å². The SMILES string of the molecule is CN1CCN(C)C(=Nc2cc(F)c(C#N)cc2C(=O)Nc2ccccc2)C1. The first-order valence-electron chi connectivity index (χ1n) is 8.55. The van der Waals surface area contributed by atoms with Crippen LogP contribution in [0.15, 0.2) is 47.5 Å². The lowest BCUT2D eigenvalue weighted by atomic mass is 10.1. The van der Waals surface area contributed by atoms with Gasteiger partial charge in [0.1, 0.15) is 17.7 Å². The lowest BCUT2D eigenvalue weighted by Crippen LogP contribution is -2.46. The minimum Gasteiger partial charge on any atom is -0.361 e. The molecule has 0 atom stereocenters. The molecule has 0 unspecified atom stereocenters. The van der Waals surface area contributed by atoms with E-state index >= 15 is 0 Å². The van der Waals surface area contributed by atoms with E-state index in [4.69, 9.17) is 5.26 Å². The summed E-state index contributed by atoms with van der Waals surface area (Å²) < 4.78 is 14.2. The molecule has 0 bridgehead atoms. The van der Waals surface area contributed by atoms with E-state index in [9.17, 15) is 9.18 Å². The number of halogens is 1. The zero-order valence-corrected chi connectivity index (χ0v) is 15.2. The number of piperazine rings is 1. The predicted octanol–water partition coefficient (Wildman–Crippen LogP) is 2.86. The molecule has 2 aromatic rings. The maximum Gasteiger partial charge on any atom is 0.257 e. The van der Waals surface area contributed by atoms with Gasteiger partial charge in [-0.1, -0.05) is 18.2 Å². The Morgan fingerprint density at radius 1 is 1.22 bits per heavy atom. The quantitative estimate of drug-likeness (QED) is 0.908. The molecule has 1 fully saturated rings. The highest BCUT2D eigenvalue weighted by atomic mass is 19.1. The van der Waals surface area contributed by atoms with Gasteiger partial charge in [-0.05, 0) is 25.2 Å². The number of anilines is 1. The standard InChI is InChI=1S/C20H20FN5O/c1-25-8-9-26(2)19(13-25)24-18-11-17(21)14(12-22)10-16(18)20(27)23-15-6-4-3-5-7-15/h3-7,10-11H,8-9,13H2,1-2H3,(H,23,27). The Hall–Kier alpha value is -3.24. The highest BCUT2D eigenvalue weighted by Gasteiger charge is 2.20. The van der Waals surface area contributed by atoms with Gasteiger partial charge in [0.05, 0.1) is 23.4 Å². The topological polar surface area (TPSA) is 71.7 Å². The summed E-state index contributed by atoms with van der Waals surface area (Å²) >= 11 is 0. The molecule has 6 nitrogen and oxygen atoms in total. The number of amides is 1. The Morgan fingerprint density at radius 3 is 2.67 bits per heavy atom. The van der Waals surface area contributed by atoms with Crippen molar-refractivity contribution in [2.45, 2.75) is 0 Å². The van der Waals surface area contributed by atoms with E-state index in [1.54, 1.807) is 30.3 Å². The highest BCUT2D eigenvalue weighted by molar-refractivity contribution is 6.08. The number of amidine groups is 1. The third-order valence-electron chi connectivity index (χ3n) is 4.40. The number of hydrogen-bond donors (Lipinski definition) is 1. The molecule has 1 N–H and O–H groups in total. The zero-order valence-electron chi connectivity index (χ0n) is 15.2. The molecular formula is C20H20FN5O. The number of aliphatic imine (C=N–C) groups is 1. The van der Waals surface area contributed by atoms with Gasteiger partial charge in [0.25, 0.3) is 5.91 Å². The third-order valence-corrected chi connectivity index (χ3v) is 4.40. The van der Waals surface area contributed by atoms with Crippen LogP contribution in [-0.2, 0) is 0 Å². The van der Waals surface area contributed by atoms with Crippen molar-refractivity contribution < 1.29 is 9.18 Å². The number of benzene rings is 2. The van der Waals surface area contributed by atoms with E-state index in [1.165, 1.54) is 6.07 Å². The summed E-state index contributed by atoms with van der Waals surface area (Å²) in [7, 11) is 3.89. The fourth-order valence-corrected chi connectivity index (χ4v) is 2.79. The van der Waals surface area contributed by atoms with Gasteiger partial charge in [0.2, 0.25) is 0 Å². The second-order valence-electron chi connectivity index (χ2n) is 6.47. The summed E-state index contributed by atoms with van der Waals surface area (Å²) in [5, 5.41) is 11.9. The molecule has 0 aliphatic carbocycles. The van der Waals surface area contributed by atoms with Crippen molar-refractivity contribution in [2.75, 3.05) is 39.0 Å². The van der Waals surface area contributed by atoms with Crippen LogP contribution in [-0.4, -0.2) is 55.3 Å². The first-order chi connectivity index (χ1) is 13.0. The summed E-state index contributed by atoms with van der Waals surface area (Å²) in [5.74, 6) is -0.398. The van der Waals surface area contributed by atoms with E-state index < -0.39 is 11.7 Å². The molecule has 1 aliphatic rings. The molecule has 1 aliphatic heterocycles. The molecule has 0 saturated carbocycles. The number of hydrogen-bond acceptors (Lipinski definition) is 4. The Bertz CT molecular complexity index is 920. The first-order valence-corrected chi connectivity index (χ1v) is 8.55. The van der Waals surface area contributed by atoms with Crippen molar-refractivity contribution in [2.24, 2.45) is 4.99 Å². The molecule has 0 radical (unpaired) electrons. The van der Waals surface area contributed by atoms with Crippen LogP contribution in [0, 0.1) is 17.1 Å². The molecular weight excluding hydrogens is 345 g/mol. The highest BCUT2D eigenvalue weighted by Crippen LogP contribution is 2.25. The lowest BCUT2D eigenvalue weighted by Gasteiger charge is -2.32. The molecule has 1 heterocycles. The molecule has 0 aromatic heterocycles. The van der Waals surface area contributed by atoms with Gasteiger partial charge >= 0.3 is 0 Å². The van der Waals surface area contributed by atoms with Crippen LogP contribution in [0.1, 0.15) is 15.9 Å². The van der Waals surface area contributed by atoms with Crippen molar-refractivity contribution in [3.05, 3.63) is 59.4 Å². The number of para-hydroxylation sites is 1. The van der Waals surface area contributed by atoms with Crippen LogP contribution < -0.4 is 5.32 Å². The monoisotopic (exact) mass is 365 g/mol. The molecule has 27 heavy (non-hydrogen) atoms. The molecule has 7 heteroatoms. The van der Waals surface area contributed by atoms with E-state index in [1.807, 2.05) is 25.1 Å². The van der Waals surface area contributed by atoms with Crippen molar-refractivity contribution in [3.8, 4) is 6.07 Å². The van der Waals surface area contributed by atoms with E-state index in [2.05, 4.69) is 15.2 Å². The smallest absolute Gasteiger partial charge is 0.257 e. The lowest BCUT2D eigenvalue weighted by molar-refractivity contribution is 0.102. The fraction of sp³-hybridized carbons (Fsp3) is 0.250. The van der Waals surface area contributed by atoms with E-state index in [0.717, 1.165) is 25.0 Å². The molecule has 2 aromatic carbocycles. The van der Waals surface area contributed by atoms with Gasteiger partial charge in [-0.3, -0.25) is 9.69 Å². The van der Waals surface area contributed by atoms with Crippen LogP contribution >= 0.6 is 0 Å². The average Bonchev–Trinajstić information content (AvgIpc) is 2.65. The fourth-order valence-electron chi connectivity index (χ4n) is 2.79. The van der Waals surface area contributed by atoms with E-state index in [-0.39, 0.29) is 16.8 Å². The Balaban J connectivity index is 2.01. The van der Waals surface area contributed by atoms with Gasteiger partial charge in [0, 0.05) is 31.9 Å². The number of nitriles is 1. The van der Waals surface area contributed by atoms with Gasteiger partial charge in [-0.25, -0.2) is 9.38 Å². The number of likely N-dealkylation sites (N-methyl/N-ethyl adjacent to an activating group) is 2. The van der Waals surface area contributed by atoms with Crippen molar-refractivity contribution in [1.82, 2.24) is 9.80 Å². The second-order valence-corrected chi connectivity index (χ2v) is 6.47. The van der Waals surface area contributed by atoms with Gasteiger partial charge < -0.3 is 10.2 Å². The molecule has 3 rings (SSSR count). The largest absolute Gasteiger partial charge is 0.361 e. The molecule has 0 spiro atoms. The first kappa shape index (κ1) is 18.5. The number of carbonyl (C=O) groups excluding carboxylic acids is 1. The van der Waals surface area contributed by atoms with Crippen molar-refractivity contribution >= 4 is 23.1 Å². The predicted molar refractivity (Wildman–Crippen MR) is 103 cm³/mol. The van der Waals surface area contributed by atoms with Crippen molar-refractivity contribution in [1.29, 1.82) is 5.26 Å². The summed E-state index contributed by atoms with van der Waals surface area (Å²) in [6.45, 7) is 2.29. The van der Waals surface area contributed by atoms with Crippen LogP contribution in [0.2, 0.25) is 0 Å². The molecule has 1 amide bonds. The van der Waals surface area contributed by atoms with E-state index in [0.29, 0.717) is 12.2 Å². The minimum atomic E-state index is -0.695. The van der Waals surface area contributed by atoms with Gasteiger partial charge in [-0.2, -0.15) is 5.26 Å². The molecule has 138 valence electrons. The van der Waals surface area contributed by atoms with Gasteiger partial charge in [-0.15, -0.1) is 0 Å².